The first-order chi connectivity index (χ1) is 10.00. The van der Waals surface area contributed by atoms with E-state index in [0.29, 0.717) is 22.0 Å². The molecule has 0 spiro atoms. The summed E-state index contributed by atoms with van der Waals surface area (Å²) in [6, 6.07) is 7.49. The Labute approximate surface area is 135 Å². The van der Waals surface area contributed by atoms with E-state index in [1.54, 1.807) is 22.5 Å². The highest BCUT2D eigenvalue weighted by Crippen LogP contribution is 2.31. The number of hydrogen-bond acceptors (Lipinski definition) is 3. The molecule has 0 N–H and O–H groups in total. The van der Waals surface area contributed by atoms with Crippen LogP contribution < -0.4 is 0 Å². The fraction of sp³-hybridized carbons (Fsp3) is 0.600. The van der Waals surface area contributed by atoms with Gasteiger partial charge in [-0.2, -0.15) is 4.31 Å². The number of sulfonamides is 1. The molecule has 4 nitrogen and oxygen atoms in total. The Bertz CT molecular complexity index is 620. The summed E-state index contributed by atoms with van der Waals surface area (Å²) >= 11 is 3.37. The lowest BCUT2D eigenvalue weighted by Gasteiger charge is -2.46. The molecule has 2 saturated heterocycles. The summed E-state index contributed by atoms with van der Waals surface area (Å²) in [5.41, 5.74) is 0. The molecule has 2 unspecified atom stereocenters. The van der Waals surface area contributed by atoms with Crippen LogP contribution in [0, 0.1) is 0 Å². The number of piperidine rings is 1. The van der Waals surface area contributed by atoms with Crippen molar-refractivity contribution < 1.29 is 8.42 Å². The fourth-order valence-corrected chi connectivity index (χ4v) is 6.07. The Morgan fingerprint density at radius 2 is 1.95 bits per heavy atom. The number of piperazine rings is 1. The molecule has 3 rings (SSSR count). The van der Waals surface area contributed by atoms with Gasteiger partial charge >= 0.3 is 0 Å². The lowest BCUT2D eigenvalue weighted by atomic mass is 9.99. The first-order valence-corrected chi connectivity index (χ1v) is 9.74. The molecule has 0 aromatic heterocycles. The Hall–Kier alpha value is -0.430. The highest BCUT2D eigenvalue weighted by atomic mass is 79.9. The fourth-order valence-electron chi connectivity index (χ4n) is 3.44. The minimum atomic E-state index is -3.43. The molecule has 0 radical (unpaired) electrons. The molecule has 2 fully saturated rings. The molecule has 116 valence electrons. The average molecular weight is 373 g/mol. The Kier molecular flexibility index (Phi) is 4.41. The van der Waals surface area contributed by atoms with Gasteiger partial charge in [0.15, 0.2) is 0 Å². The molecular weight excluding hydrogens is 352 g/mol. The summed E-state index contributed by atoms with van der Waals surface area (Å²) < 4.78 is 28.3. The third kappa shape index (κ3) is 2.91. The summed E-state index contributed by atoms with van der Waals surface area (Å²) in [5, 5.41) is 0. The number of hydrogen-bond donors (Lipinski definition) is 0. The van der Waals surface area contributed by atoms with Crippen LogP contribution in [0.2, 0.25) is 0 Å². The zero-order chi connectivity index (χ0) is 15.0. The van der Waals surface area contributed by atoms with Gasteiger partial charge in [-0.15, -0.1) is 0 Å². The molecule has 21 heavy (non-hydrogen) atoms. The van der Waals surface area contributed by atoms with E-state index in [0.717, 1.165) is 19.5 Å². The van der Waals surface area contributed by atoms with Crippen LogP contribution in [-0.2, 0) is 10.0 Å². The van der Waals surface area contributed by atoms with Crippen LogP contribution >= 0.6 is 15.9 Å². The van der Waals surface area contributed by atoms with Crippen LogP contribution in [0.25, 0.3) is 0 Å². The highest BCUT2D eigenvalue weighted by Gasteiger charge is 2.39. The number of halogens is 1. The zero-order valence-corrected chi connectivity index (χ0v) is 14.6. The van der Waals surface area contributed by atoms with Crippen LogP contribution in [0.1, 0.15) is 26.2 Å². The standard InChI is InChI=1S/C15H21BrN2O2S/c1-12-10-17-9-5-4-6-13(17)11-18(12)21(19,20)15-8-3-2-7-14(15)16/h2-3,7-8,12-13H,4-6,9-11H2,1H3. The average Bonchev–Trinajstić information content (AvgIpc) is 2.46. The number of benzene rings is 1. The van der Waals surface area contributed by atoms with Crippen molar-refractivity contribution >= 4 is 26.0 Å². The van der Waals surface area contributed by atoms with Crippen molar-refractivity contribution in [2.75, 3.05) is 19.6 Å². The maximum atomic E-state index is 13.0. The van der Waals surface area contributed by atoms with Crippen molar-refractivity contribution in [3.8, 4) is 0 Å². The summed E-state index contributed by atoms with van der Waals surface area (Å²) in [6.07, 6.45) is 3.55. The Balaban J connectivity index is 1.90. The zero-order valence-electron chi connectivity index (χ0n) is 12.2. The molecule has 1 aromatic carbocycles. The second-order valence-electron chi connectivity index (χ2n) is 6.00. The Morgan fingerprint density at radius 1 is 1.19 bits per heavy atom. The number of fused-ring (bicyclic) bond motifs is 1. The van der Waals surface area contributed by atoms with Gasteiger partial charge in [-0.1, -0.05) is 18.6 Å². The van der Waals surface area contributed by atoms with E-state index in [9.17, 15) is 8.42 Å². The molecule has 2 aliphatic heterocycles. The van der Waals surface area contributed by atoms with Gasteiger partial charge in [0.2, 0.25) is 10.0 Å². The minimum Gasteiger partial charge on any atom is -0.297 e. The second kappa shape index (κ2) is 5.99. The molecule has 0 amide bonds. The topological polar surface area (TPSA) is 40.6 Å². The largest absolute Gasteiger partial charge is 0.297 e. The van der Waals surface area contributed by atoms with Crippen molar-refractivity contribution in [3.05, 3.63) is 28.7 Å². The third-order valence-corrected chi connectivity index (χ3v) is 7.55. The summed E-state index contributed by atoms with van der Waals surface area (Å²) in [5.74, 6) is 0. The van der Waals surface area contributed by atoms with Gasteiger partial charge in [0, 0.05) is 29.6 Å². The van der Waals surface area contributed by atoms with Crippen molar-refractivity contribution in [2.24, 2.45) is 0 Å². The number of nitrogens with zero attached hydrogens (tertiary/aromatic N) is 2. The molecule has 1 aromatic rings. The van der Waals surface area contributed by atoms with Crippen molar-refractivity contribution in [3.63, 3.8) is 0 Å². The smallest absolute Gasteiger partial charge is 0.244 e. The normalized spacial score (nSPS) is 28.3. The van der Waals surface area contributed by atoms with E-state index >= 15 is 0 Å². The SMILES string of the molecule is CC1CN2CCCCC2CN1S(=O)(=O)c1ccccc1Br. The molecule has 2 heterocycles. The van der Waals surface area contributed by atoms with Gasteiger partial charge in [-0.05, 0) is 54.4 Å². The van der Waals surface area contributed by atoms with E-state index in [1.165, 1.54) is 12.8 Å². The van der Waals surface area contributed by atoms with Crippen molar-refractivity contribution in [2.45, 2.75) is 43.2 Å². The third-order valence-electron chi connectivity index (χ3n) is 4.55. The van der Waals surface area contributed by atoms with Gasteiger partial charge in [0.1, 0.15) is 0 Å². The summed E-state index contributed by atoms with van der Waals surface area (Å²) in [6.45, 7) is 4.58. The first-order valence-electron chi connectivity index (χ1n) is 7.50. The molecule has 2 aliphatic rings. The molecule has 0 saturated carbocycles. The molecule has 2 atom stereocenters. The van der Waals surface area contributed by atoms with Gasteiger partial charge in [-0.3, -0.25) is 4.90 Å². The van der Waals surface area contributed by atoms with E-state index in [-0.39, 0.29) is 6.04 Å². The predicted octanol–water partition coefficient (Wildman–Crippen LogP) is 2.70. The quantitative estimate of drug-likeness (QED) is 0.801. The van der Waals surface area contributed by atoms with E-state index < -0.39 is 10.0 Å². The first kappa shape index (κ1) is 15.5. The van der Waals surface area contributed by atoms with Crippen LogP contribution in [-0.4, -0.2) is 49.3 Å². The molecular formula is C15H21BrN2O2S. The van der Waals surface area contributed by atoms with Crippen LogP contribution in [0.4, 0.5) is 0 Å². The molecule has 0 aliphatic carbocycles. The second-order valence-corrected chi connectivity index (χ2v) is 8.71. The lowest BCUT2D eigenvalue weighted by molar-refractivity contribution is 0.0564. The van der Waals surface area contributed by atoms with Crippen LogP contribution in [0.15, 0.2) is 33.6 Å². The maximum absolute atomic E-state index is 13.0. The van der Waals surface area contributed by atoms with Gasteiger partial charge in [-0.25, -0.2) is 8.42 Å². The summed E-state index contributed by atoms with van der Waals surface area (Å²) in [7, 11) is -3.43. The lowest BCUT2D eigenvalue weighted by Crippen LogP contribution is -2.59. The molecule has 6 heteroatoms. The van der Waals surface area contributed by atoms with E-state index in [4.69, 9.17) is 0 Å². The van der Waals surface area contributed by atoms with Gasteiger partial charge in [0.05, 0.1) is 4.90 Å². The van der Waals surface area contributed by atoms with Crippen molar-refractivity contribution in [1.82, 2.24) is 9.21 Å². The van der Waals surface area contributed by atoms with E-state index in [2.05, 4.69) is 20.8 Å². The maximum Gasteiger partial charge on any atom is 0.244 e. The summed E-state index contributed by atoms with van der Waals surface area (Å²) in [4.78, 5) is 2.83. The van der Waals surface area contributed by atoms with E-state index in [1.807, 2.05) is 13.0 Å². The number of rotatable bonds is 2. The minimum absolute atomic E-state index is 0.0245. The van der Waals surface area contributed by atoms with Crippen molar-refractivity contribution in [1.29, 1.82) is 0 Å². The Morgan fingerprint density at radius 3 is 2.71 bits per heavy atom. The van der Waals surface area contributed by atoms with Gasteiger partial charge in [0.25, 0.3) is 0 Å². The van der Waals surface area contributed by atoms with Crippen LogP contribution in [0.5, 0.6) is 0 Å². The van der Waals surface area contributed by atoms with Gasteiger partial charge < -0.3 is 0 Å². The molecule has 0 bridgehead atoms. The predicted molar refractivity (Wildman–Crippen MR) is 86.7 cm³/mol. The van der Waals surface area contributed by atoms with Crippen LogP contribution in [0.3, 0.4) is 0 Å². The highest BCUT2D eigenvalue weighted by molar-refractivity contribution is 9.10. The monoisotopic (exact) mass is 372 g/mol.